The minimum absolute atomic E-state index is 0.0653. The average molecular weight is 247 g/mol. The third-order valence-electron chi connectivity index (χ3n) is 2.47. The highest BCUT2D eigenvalue weighted by molar-refractivity contribution is 9.10. The zero-order valence-corrected chi connectivity index (χ0v) is 8.47. The van der Waals surface area contributed by atoms with Crippen molar-refractivity contribution in [2.24, 2.45) is 5.92 Å². The molecule has 1 aliphatic rings. The first-order chi connectivity index (χ1) is 6.20. The molecule has 13 heavy (non-hydrogen) atoms. The quantitative estimate of drug-likeness (QED) is 0.745. The summed E-state index contributed by atoms with van der Waals surface area (Å²) in [4.78, 5) is 0. The molecular weight excluding hydrogens is 238 g/mol. The second-order valence-corrected chi connectivity index (χ2v) is 4.22. The van der Waals surface area contributed by atoms with E-state index in [9.17, 15) is 8.78 Å². The molecule has 1 aromatic carbocycles. The van der Waals surface area contributed by atoms with E-state index in [1.54, 1.807) is 0 Å². The second kappa shape index (κ2) is 3.37. The number of hydrogen-bond acceptors (Lipinski definition) is 0. The zero-order chi connectivity index (χ0) is 9.42. The van der Waals surface area contributed by atoms with Crippen LogP contribution in [0.4, 0.5) is 8.78 Å². The van der Waals surface area contributed by atoms with Crippen molar-refractivity contribution in [1.29, 1.82) is 0 Å². The number of alkyl halides is 2. The van der Waals surface area contributed by atoms with Crippen molar-refractivity contribution in [3.63, 3.8) is 0 Å². The van der Waals surface area contributed by atoms with E-state index < -0.39 is 12.3 Å². The van der Waals surface area contributed by atoms with Gasteiger partial charge in [-0.3, -0.25) is 0 Å². The van der Waals surface area contributed by atoms with Gasteiger partial charge in [0, 0.05) is 10.4 Å². The molecule has 0 aliphatic heterocycles. The third kappa shape index (κ3) is 1.75. The lowest BCUT2D eigenvalue weighted by Crippen LogP contribution is -1.95. The summed E-state index contributed by atoms with van der Waals surface area (Å²) in [6.45, 7) is 0. The molecule has 3 heteroatoms. The summed E-state index contributed by atoms with van der Waals surface area (Å²) < 4.78 is 25.5. The maximum Gasteiger partial charge on any atom is 0.242 e. The Balaban J connectivity index is 2.16. The van der Waals surface area contributed by atoms with Crippen molar-refractivity contribution in [2.75, 3.05) is 0 Å². The minimum atomic E-state index is -2.17. The number of rotatable bonds is 2. The molecule has 0 nitrogen and oxygen atoms in total. The molecule has 0 heterocycles. The fourth-order valence-corrected chi connectivity index (χ4v) is 2.21. The molecule has 1 fully saturated rings. The molecular formula is C10H9BrF2. The van der Waals surface area contributed by atoms with E-state index in [0.29, 0.717) is 6.42 Å². The lowest BCUT2D eigenvalue weighted by molar-refractivity contribution is 0.120. The topological polar surface area (TPSA) is 0 Å². The summed E-state index contributed by atoms with van der Waals surface area (Å²) in [6, 6.07) is 7.60. The Bertz CT molecular complexity index is 312. The van der Waals surface area contributed by atoms with Gasteiger partial charge in [0.15, 0.2) is 0 Å². The van der Waals surface area contributed by atoms with Gasteiger partial charge in [-0.2, -0.15) is 0 Å². The van der Waals surface area contributed by atoms with Gasteiger partial charge in [0.2, 0.25) is 6.43 Å². The molecule has 0 spiro atoms. The Morgan fingerprint density at radius 1 is 1.31 bits per heavy atom. The van der Waals surface area contributed by atoms with Crippen LogP contribution in [0.1, 0.15) is 17.9 Å². The van der Waals surface area contributed by atoms with E-state index in [4.69, 9.17) is 0 Å². The van der Waals surface area contributed by atoms with Crippen LogP contribution in [0.5, 0.6) is 0 Å². The smallest absolute Gasteiger partial charge is 0.210 e. The number of halogens is 3. The van der Waals surface area contributed by atoms with E-state index in [1.165, 1.54) is 0 Å². The van der Waals surface area contributed by atoms with Gasteiger partial charge in [-0.25, -0.2) is 8.78 Å². The fraction of sp³-hybridized carbons (Fsp3) is 0.400. The molecule has 0 N–H and O–H groups in total. The molecule has 1 aliphatic carbocycles. The molecule has 0 amide bonds. The average Bonchev–Trinajstić information content (AvgIpc) is 2.84. The molecule has 0 saturated heterocycles. The Hall–Kier alpha value is -0.440. The summed E-state index contributed by atoms with van der Waals surface area (Å²) >= 11 is 3.37. The van der Waals surface area contributed by atoms with E-state index in [2.05, 4.69) is 15.9 Å². The Morgan fingerprint density at radius 2 is 2.00 bits per heavy atom. The van der Waals surface area contributed by atoms with Crippen LogP contribution in [-0.4, -0.2) is 6.43 Å². The van der Waals surface area contributed by atoms with Crippen molar-refractivity contribution in [3.05, 3.63) is 34.3 Å². The molecule has 0 aromatic heterocycles. The lowest BCUT2D eigenvalue weighted by atomic mass is 10.1. The number of benzene rings is 1. The van der Waals surface area contributed by atoms with Gasteiger partial charge in [-0.1, -0.05) is 34.1 Å². The maximum atomic E-state index is 12.3. The van der Waals surface area contributed by atoms with Gasteiger partial charge in [0.1, 0.15) is 0 Å². The number of hydrogen-bond donors (Lipinski definition) is 0. The van der Waals surface area contributed by atoms with Gasteiger partial charge in [-0.05, 0) is 24.0 Å². The molecule has 2 unspecified atom stereocenters. The molecule has 0 radical (unpaired) electrons. The van der Waals surface area contributed by atoms with Crippen LogP contribution in [0.15, 0.2) is 28.7 Å². The van der Waals surface area contributed by atoms with Crippen LogP contribution in [0, 0.1) is 5.92 Å². The molecule has 0 bridgehead atoms. The first-order valence-electron chi connectivity index (χ1n) is 4.22. The van der Waals surface area contributed by atoms with Crippen molar-refractivity contribution < 1.29 is 8.78 Å². The van der Waals surface area contributed by atoms with Crippen molar-refractivity contribution in [2.45, 2.75) is 18.8 Å². The molecule has 1 aromatic rings. The first-order valence-corrected chi connectivity index (χ1v) is 5.02. The van der Waals surface area contributed by atoms with Crippen LogP contribution < -0.4 is 0 Å². The highest BCUT2D eigenvalue weighted by atomic mass is 79.9. The van der Waals surface area contributed by atoms with Crippen LogP contribution in [-0.2, 0) is 0 Å². The molecule has 70 valence electrons. The molecule has 2 atom stereocenters. The lowest BCUT2D eigenvalue weighted by Gasteiger charge is -2.02. The van der Waals surface area contributed by atoms with Crippen molar-refractivity contribution in [3.8, 4) is 0 Å². The molecule has 1 saturated carbocycles. The fourth-order valence-electron chi connectivity index (χ4n) is 1.63. The van der Waals surface area contributed by atoms with Crippen molar-refractivity contribution in [1.82, 2.24) is 0 Å². The van der Waals surface area contributed by atoms with Crippen LogP contribution in [0.2, 0.25) is 0 Å². The van der Waals surface area contributed by atoms with Gasteiger partial charge in [0.25, 0.3) is 0 Å². The summed E-state index contributed by atoms with van der Waals surface area (Å²) in [7, 11) is 0. The monoisotopic (exact) mass is 246 g/mol. The zero-order valence-electron chi connectivity index (χ0n) is 6.88. The summed E-state index contributed by atoms with van der Waals surface area (Å²) in [5, 5.41) is 0. The largest absolute Gasteiger partial charge is 0.242 e. The van der Waals surface area contributed by atoms with Gasteiger partial charge in [-0.15, -0.1) is 0 Å². The van der Waals surface area contributed by atoms with Crippen molar-refractivity contribution >= 4 is 15.9 Å². The Morgan fingerprint density at radius 3 is 2.54 bits per heavy atom. The summed E-state index contributed by atoms with van der Waals surface area (Å²) in [5.41, 5.74) is 1.02. The van der Waals surface area contributed by atoms with Gasteiger partial charge in [0.05, 0.1) is 0 Å². The Labute approximate surface area is 84.1 Å². The highest BCUT2D eigenvalue weighted by Gasteiger charge is 2.45. The summed E-state index contributed by atoms with van der Waals surface area (Å²) in [6.07, 6.45) is -1.54. The van der Waals surface area contributed by atoms with Gasteiger partial charge >= 0.3 is 0 Å². The van der Waals surface area contributed by atoms with E-state index >= 15 is 0 Å². The highest BCUT2D eigenvalue weighted by Crippen LogP contribution is 2.52. The van der Waals surface area contributed by atoms with E-state index in [-0.39, 0.29) is 5.92 Å². The maximum absolute atomic E-state index is 12.3. The standard InChI is InChI=1S/C10H9BrF2/c11-9-4-2-1-3-6(9)7-5-8(7)10(12)13/h1-4,7-8,10H,5H2. The minimum Gasteiger partial charge on any atom is -0.210 e. The second-order valence-electron chi connectivity index (χ2n) is 3.36. The van der Waals surface area contributed by atoms with E-state index in [0.717, 1.165) is 10.0 Å². The predicted octanol–water partition coefficient (Wildman–Crippen LogP) is 3.82. The van der Waals surface area contributed by atoms with Crippen LogP contribution >= 0.6 is 15.9 Å². The summed E-state index contributed by atoms with van der Waals surface area (Å²) in [5.74, 6) is -0.353. The normalized spacial score (nSPS) is 26.5. The van der Waals surface area contributed by atoms with Gasteiger partial charge < -0.3 is 0 Å². The third-order valence-corrected chi connectivity index (χ3v) is 3.19. The van der Waals surface area contributed by atoms with Crippen LogP contribution in [0.3, 0.4) is 0 Å². The molecule has 2 rings (SSSR count). The predicted molar refractivity (Wildman–Crippen MR) is 51.0 cm³/mol. The SMILES string of the molecule is FC(F)C1CC1c1ccccc1Br. The first kappa shape index (κ1) is 9.13. The van der Waals surface area contributed by atoms with Crippen LogP contribution in [0.25, 0.3) is 0 Å². The Kier molecular flexibility index (Phi) is 2.37. The van der Waals surface area contributed by atoms with E-state index in [1.807, 2.05) is 24.3 Å².